The Morgan fingerprint density at radius 2 is 2.12 bits per heavy atom. The number of amides is 1. The molecule has 0 aliphatic carbocycles. The Hall–Kier alpha value is -1.40. The monoisotopic (exact) mass is 251 g/mol. The molecule has 0 spiro atoms. The van der Waals surface area contributed by atoms with E-state index in [2.05, 4.69) is 14.9 Å². The zero-order valence-corrected chi connectivity index (χ0v) is 10.1. The van der Waals surface area contributed by atoms with E-state index >= 15 is 0 Å². The maximum absolute atomic E-state index is 11.9. The van der Waals surface area contributed by atoms with Crippen molar-refractivity contribution < 1.29 is 4.79 Å². The molecular weight excluding hydrogens is 242 g/mol. The summed E-state index contributed by atoms with van der Waals surface area (Å²) in [7, 11) is 0. The fourth-order valence-corrected chi connectivity index (χ4v) is 2.44. The van der Waals surface area contributed by atoms with Crippen LogP contribution in [0.3, 0.4) is 0 Å². The zero-order chi connectivity index (χ0) is 11.4. The highest BCUT2D eigenvalue weighted by Crippen LogP contribution is 2.21. The maximum Gasteiger partial charge on any atom is 0.270 e. The van der Waals surface area contributed by atoms with Gasteiger partial charge >= 0.3 is 0 Å². The van der Waals surface area contributed by atoms with Crippen LogP contribution in [0.15, 0.2) is 35.4 Å². The molecule has 1 heterocycles. The number of carbonyl (C=O) groups excluding carboxylic acids is 1. The molecule has 2 rings (SSSR count). The molecule has 0 saturated carbocycles. The highest BCUT2D eigenvalue weighted by Gasteiger charge is 2.15. The van der Waals surface area contributed by atoms with Crippen molar-refractivity contribution in [2.75, 3.05) is 11.6 Å². The van der Waals surface area contributed by atoms with Crippen LogP contribution in [0.5, 0.6) is 0 Å². The number of nitrogens with one attached hydrogen (secondary N) is 1. The molecule has 0 atom stereocenters. The molecular formula is C10H9N3OS2. The van der Waals surface area contributed by atoms with Gasteiger partial charge in [-0.05, 0) is 29.9 Å². The standard InChI is InChI=1S/C10H9N3OS2/c1-15-10-8(16-13-12-10)9(14)11-7-5-3-2-4-6-7/h2-6H,1H3,(H,11,14). The third-order valence-corrected chi connectivity index (χ3v) is 3.42. The van der Waals surface area contributed by atoms with Gasteiger partial charge in [0.05, 0.1) is 0 Å². The molecule has 16 heavy (non-hydrogen) atoms. The number of nitrogens with zero attached hydrogens (tertiary/aromatic N) is 2. The number of thioether (sulfide) groups is 1. The molecule has 0 bridgehead atoms. The smallest absolute Gasteiger partial charge is 0.270 e. The Morgan fingerprint density at radius 1 is 1.38 bits per heavy atom. The van der Waals surface area contributed by atoms with Crippen LogP contribution in [-0.2, 0) is 0 Å². The minimum absolute atomic E-state index is 0.162. The van der Waals surface area contributed by atoms with Gasteiger partial charge in [-0.1, -0.05) is 22.7 Å². The SMILES string of the molecule is CSc1nnsc1C(=O)Nc1ccccc1. The number of aromatic nitrogens is 2. The summed E-state index contributed by atoms with van der Waals surface area (Å²) in [6.45, 7) is 0. The molecule has 6 heteroatoms. The molecule has 0 aliphatic rings. The van der Waals surface area contributed by atoms with Crippen molar-refractivity contribution in [1.29, 1.82) is 0 Å². The summed E-state index contributed by atoms with van der Waals surface area (Å²) in [6.07, 6.45) is 1.87. The molecule has 4 nitrogen and oxygen atoms in total. The van der Waals surface area contributed by atoms with Crippen molar-refractivity contribution >= 4 is 34.9 Å². The lowest BCUT2D eigenvalue weighted by atomic mass is 10.3. The van der Waals surface area contributed by atoms with E-state index in [9.17, 15) is 4.79 Å². The summed E-state index contributed by atoms with van der Waals surface area (Å²) >= 11 is 2.52. The van der Waals surface area contributed by atoms with Crippen LogP contribution < -0.4 is 5.32 Å². The number of hydrogen-bond acceptors (Lipinski definition) is 5. The first-order valence-electron chi connectivity index (χ1n) is 4.54. The lowest BCUT2D eigenvalue weighted by Crippen LogP contribution is -2.10. The molecule has 1 aromatic heterocycles. The molecule has 0 saturated heterocycles. The van der Waals surface area contributed by atoms with Crippen molar-refractivity contribution in [2.24, 2.45) is 0 Å². The average molecular weight is 251 g/mol. The number of rotatable bonds is 3. The Bertz CT molecular complexity index is 484. The summed E-state index contributed by atoms with van der Waals surface area (Å²) in [5, 5.41) is 7.33. The minimum Gasteiger partial charge on any atom is -0.321 e. The van der Waals surface area contributed by atoms with Gasteiger partial charge in [-0.15, -0.1) is 16.9 Å². The quantitative estimate of drug-likeness (QED) is 0.852. The van der Waals surface area contributed by atoms with Gasteiger partial charge < -0.3 is 5.32 Å². The summed E-state index contributed by atoms with van der Waals surface area (Å²) < 4.78 is 3.77. The lowest BCUT2D eigenvalue weighted by Gasteiger charge is -2.02. The van der Waals surface area contributed by atoms with Crippen molar-refractivity contribution in [3.8, 4) is 0 Å². The second-order valence-electron chi connectivity index (χ2n) is 2.93. The van der Waals surface area contributed by atoms with Gasteiger partial charge in [0.15, 0.2) is 0 Å². The average Bonchev–Trinajstić information content (AvgIpc) is 2.78. The first-order valence-corrected chi connectivity index (χ1v) is 6.54. The van der Waals surface area contributed by atoms with Crippen LogP contribution in [0.25, 0.3) is 0 Å². The molecule has 0 fully saturated rings. The van der Waals surface area contributed by atoms with Gasteiger partial charge in [0.1, 0.15) is 9.90 Å². The summed E-state index contributed by atoms with van der Waals surface area (Å²) in [5.74, 6) is -0.162. The van der Waals surface area contributed by atoms with E-state index in [4.69, 9.17) is 0 Å². The van der Waals surface area contributed by atoms with E-state index in [-0.39, 0.29) is 5.91 Å². The van der Waals surface area contributed by atoms with E-state index < -0.39 is 0 Å². The number of carbonyl (C=O) groups is 1. The highest BCUT2D eigenvalue weighted by atomic mass is 32.2. The lowest BCUT2D eigenvalue weighted by molar-refractivity contribution is 0.102. The Balaban J connectivity index is 2.15. The zero-order valence-electron chi connectivity index (χ0n) is 8.51. The summed E-state index contributed by atoms with van der Waals surface area (Å²) in [5.41, 5.74) is 0.771. The predicted molar refractivity (Wildman–Crippen MR) is 66.1 cm³/mol. The second kappa shape index (κ2) is 5.09. The maximum atomic E-state index is 11.9. The van der Waals surface area contributed by atoms with E-state index in [0.717, 1.165) is 17.2 Å². The Labute approximate surface area is 101 Å². The third-order valence-electron chi connectivity index (χ3n) is 1.89. The van der Waals surface area contributed by atoms with Crippen LogP contribution in [-0.4, -0.2) is 21.7 Å². The van der Waals surface area contributed by atoms with Crippen LogP contribution >= 0.6 is 23.3 Å². The molecule has 1 amide bonds. The molecule has 0 radical (unpaired) electrons. The van der Waals surface area contributed by atoms with Gasteiger partial charge in [0.2, 0.25) is 0 Å². The molecule has 82 valence electrons. The Morgan fingerprint density at radius 3 is 2.81 bits per heavy atom. The number of benzene rings is 1. The summed E-state index contributed by atoms with van der Waals surface area (Å²) in [4.78, 5) is 12.4. The van der Waals surface area contributed by atoms with Crippen molar-refractivity contribution in [3.63, 3.8) is 0 Å². The highest BCUT2D eigenvalue weighted by molar-refractivity contribution is 7.98. The number of para-hydroxylation sites is 1. The first-order chi connectivity index (χ1) is 7.81. The van der Waals surface area contributed by atoms with Gasteiger partial charge in [-0.2, -0.15) is 0 Å². The van der Waals surface area contributed by atoms with E-state index in [1.807, 2.05) is 36.6 Å². The number of anilines is 1. The fourth-order valence-electron chi connectivity index (χ4n) is 1.16. The van der Waals surface area contributed by atoms with Crippen LogP contribution in [0.2, 0.25) is 0 Å². The van der Waals surface area contributed by atoms with E-state index in [1.54, 1.807) is 0 Å². The molecule has 0 unspecified atom stereocenters. The number of hydrogen-bond donors (Lipinski definition) is 1. The van der Waals surface area contributed by atoms with Crippen LogP contribution in [0, 0.1) is 0 Å². The molecule has 1 N–H and O–H groups in total. The van der Waals surface area contributed by atoms with Crippen molar-refractivity contribution in [3.05, 3.63) is 35.2 Å². The van der Waals surface area contributed by atoms with Gasteiger partial charge in [-0.25, -0.2) is 0 Å². The van der Waals surface area contributed by atoms with Gasteiger partial charge in [0.25, 0.3) is 5.91 Å². The molecule has 2 aromatic rings. The van der Waals surface area contributed by atoms with Crippen LogP contribution in [0.1, 0.15) is 9.67 Å². The van der Waals surface area contributed by atoms with Crippen LogP contribution in [0.4, 0.5) is 5.69 Å². The van der Waals surface area contributed by atoms with Crippen molar-refractivity contribution in [2.45, 2.75) is 5.03 Å². The topological polar surface area (TPSA) is 54.9 Å². The second-order valence-corrected chi connectivity index (χ2v) is 4.48. The predicted octanol–water partition coefficient (Wildman–Crippen LogP) is 2.51. The third kappa shape index (κ3) is 2.40. The van der Waals surface area contributed by atoms with E-state index in [1.165, 1.54) is 11.8 Å². The van der Waals surface area contributed by atoms with Gasteiger partial charge in [0, 0.05) is 5.69 Å². The fraction of sp³-hybridized carbons (Fsp3) is 0.100. The van der Waals surface area contributed by atoms with E-state index in [0.29, 0.717) is 9.90 Å². The molecule has 0 aliphatic heterocycles. The normalized spacial score (nSPS) is 10.1. The minimum atomic E-state index is -0.162. The molecule has 1 aromatic carbocycles. The Kier molecular flexibility index (Phi) is 3.53. The summed E-state index contributed by atoms with van der Waals surface area (Å²) in [6, 6.07) is 9.32. The van der Waals surface area contributed by atoms with Crippen molar-refractivity contribution in [1.82, 2.24) is 9.59 Å². The first kappa shape index (κ1) is 11.1. The largest absolute Gasteiger partial charge is 0.321 e. The van der Waals surface area contributed by atoms with Gasteiger partial charge in [-0.3, -0.25) is 4.79 Å².